The van der Waals surface area contributed by atoms with E-state index in [1.807, 2.05) is 22.6 Å². The second-order valence-electron chi connectivity index (χ2n) is 4.26. The maximum atomic E-state index is 13.0. The average molecular weight is 400 g/mol. The minimum atomic E-state index is -0.300. The quantitative estimate of drug-likeness (QED) is 0.756. The van der Waals surface area contributed by atoms with E-state index in [0.717, 1.165) is 9.26 Å². The number of amides is 1. The normalized spacial score (nSPS) is 10.0. The predicted octanol–water partition coefficient (Wildman–Crippen LogP) is 3.49. The fourth-order valence-electron chi connectivity index (χ4n) is 1.71. The Labute approximate surface area is 135 Å². The number of hydrogen-bond donors (Lipinski definition) is 2. The van der Waals surface area contributed by atoms with Crippen LogP contribution in [-0.4, -0.2) is 19.6 Å². The van der Waals surface area contributed by atoms with Gasteiger partial charge < -0.3 is 15.4 Å². The zero-order valence-electron chi connectivity index (χ0n) is 11.3. The summed E-state index contributed by atoms with van der Waals surface area (Å²) in [7, 11) is 1.57. The van der Waals surface area contributed by atoms with E-state index in [0.29, 0.717) is 11.4 Å². The summed E-state index contributed by atoms with van der Waals surface area (Å²) in [5.74, 6) is 0.183. The van der Waals surface area contributed by atoms with Gasteiger partial charge in [0.1, 0.15) is 11.6 Å². The second-order valence-corrected chi connectivity index (χ2v) is 5.42. The summed E-state index contributed by atoms with van der Waals surface area (Å²) in [4.78, 5) is 11.9. The molecule has 2 aromatic rings. The fraction of sp³-hybridized carbons (Fsp3) is 0.133. The summed E-state index contributed by atoms with van der Waals surface area (Å²) >= 11 is 2.01. The Hall–Kier alpha value is -1.83. The molecular formula is C15H14FIN2O2. The number of ether oxygens (including phenoxy) is 1. The van der Waals surface area contributed by atoms with Crippen molar-refractivity contribution in [1.82, 2.24) is 0 Å². The molecule has 0 atom stereocenters. The number of carbonyl (C=O) groups is 1. The highest BCUT2D eigenvalue weighted by molar-refractivity contribution is 14.1. The lowest BCUT2D eigenvalue weighted by molar-refractivity contribution is -0.114. The zero-order valence-corrected chi connectivity index (χ0v) is 13.5. The van der Waals surface area contributed by atoms with Gasteiger partial charge in [-0.1, -0.05) is 6.07 Å². The van der Waals surface area contributed by atoms with Crippen LogP contribution in [0.5, 0.6) is 5.75 Å². The van der Waals surface area contributed by atoms with E-state index in [4.69, 9.17) is 4.74 Å². The van der Waals surface area contributed by atoms with Gasteiger partial charge in [0.25, 0.3) is 0 Å². The van der Waals surface area contributed by atoms with Crippen LogP contribution in [0.15, 0.2) is 42.5 Å². The number of nitrogens with one attached hydrogen (secondary N) is 2. The first-order chi connectivity index (χ1) is 10.1. The molecule has 0 fully saturated rings. The predicted molar refractivity (Wildman–Crippen MR) is 89.2 cm³/mol. The van der Waals surface area contributed by atoms with Gasteiger partial charge in [0.05, 0.1) is 13.7 Å². The number of anilines is 2. The van der Waals surface area contributed by atoms with Gasteiger partial charge in [-0.15, -0.1) is 0 Å². The van der Waals surface area contributed by atoms with Crippen LogP contribution in [0.2, 0.25) is 0 Å². The molecule has 0 radical (unpaired) electrons. The zero-order chi connectivity index (χ0) is 15.2. The molecule has 0 aliphatic heterocycles. The van der Waals surface area contributed by atoms with Gasteiger partial charge in [-0.05, 0) is 52.9 Å². The Morgan fingerprint density at radius 1 is 1.29 bits per heavy atom. The van der Waals surface area contributed by atoms with Crippen LogP contribution in [0.3, 0.4) is 0 Å². The summed E-state index contributed by atoms with van der Waals surface area (Å²) in [6.45, 7) is 0.0961. The van der Waals surface area contributed by atoms with Crippen molar-refractivity contribution in [3.05, 3.63) is 51.9 Å². The maximum absolute atomic E-state index is 13.0. The molecule has 6 heteroatoms. The highest BCUT2D eigenvalue weighted by Gasteiger charge is 2.05. The molecule has 2 N–H and O–H groups in total. The Morgan fingerprint density at radius 3 is 2.81 bits per heavy atom. The molecule has 0 saturated carbocycles. The lowest BCUT2D eigenvalue weighted by atomic mass is 10.3. The molecule has 0 aliphatic rings. The third-order valence-electron chi connectivity index (χ3n) is 2.72. The number of hydrogen-bond acceptors (Lipinski definition) is 3. The molecule has 1 amide bonds. The third kappa shape index (κ3) is 4.59. The SMILES string of the molecule is COc1cccc(NC(=O)CNc2ccc(F)cc2I)c1. The van der Waals surface area contributed by atoms with Crippen LogP contribution in [0.25, 0.3) is 0 Å². The first kappa shape index (κ1) is 15.6. The molecule has 0 aromatic heterocycles. The van der Waals surface area contributed by atoms with Crippen molar-refractivity contribution in [1.29, 1.82) is 0 Å². The van der Waals surface area contributed by atoms with E-state index in [2.05, 4.69) is 10.6 Å². The van der Waals surface area contributed by atoms with Crippen molar-refractivity contribution in [2.75, 3.05) is 24.3 Å². The van der Waals surface area contributed by atoms with Gasteiger partial charge in [0, 0.05) is 21.0 Å². The lowest BCUT2D eigenvalue weighted by Crippen LogP contribution is -2.22. The molecule has 0 unspecified atom stereocenters. The van der Waals surface area contributed by atoms with E-state index in [1.54, 1.807) is 37.4 Å². The third-order valence-corrected chi connectivity index (χ3v) is 3.62. The van der Waals surface area contributed by atoms with Gasteiger partial charge in [-0.3, -0.25) is 4.79 Å². The van der Waals surface area contributed by atoms with Crippen LogP contribution >= 0.6 is 22.6 Å². The lowest BCUT2D eigenvalue weighted by Gasteiger charge is -2.10. The molecular weight excluding hydrogens is 386 g/mol. The van der Waals surface area contributed by atoms with Crippen LogP contribution in [0, 0.1) is 9.39 Å². The number of halogens is 2. The minimum Gasteiger partial charge on any atom is -0.497 e. The van der Waals surface area contributed by atoms with Crippen molar-refractivity contribution >= 4 is 39.9 Å². The number of benzene rings is 2. The first-order valence-corrected chi connectivity index (χ1v) is 7.29. The van der Waals surface area contributed by atoms with Gasteiger partial charge in [-0.2, -0.15) is 0 Å². The molecule has 4 nitrogen and oxygen atoms in total. The average Bonchev–Trinajstić information content (AvgIpc) is 2.46. The van der Waals surface area contributed by atoms with Crippen LogP contribution in [-0.2, 0) is 4.79 Å². The van der Waals surface area contributed by atoms with E-state index >= 15 is 0 Å². The number of rotatable bonds is 5. The van der Waals surface area contributed by atoms with E-state index in [-0.39, 0.29) is 18.3 Å². The Kier molecular flexibility index (Phi) is 5.38. The topological polar surface area (TPSA) is 50.4 Å². The van der Waals surface area contributed by atoms with Gasteiger partial charge in [0.15, 0.2) is 0 Å². The van der Waals surface area contributed by atoms with E-state index in [1.165, 1.54) is 12.1 Å². The van der Waals surface area contributed by atoms with Gasteiger partial charge in [-0.25, -0.2) is 4.39 Å². The van der Waals surface area contributed by atoms with Crippen LogP contribution < -0.4 is 15.4 Å². The van der Waals surface area contributed by atoms with Crippen LogP contribution in [0.4, 0.5) is 15.8 Å². The van der Waals surface area contributed by atoms with Gasteiger partial charge >= 0.3 is 0 Å². The maximum Gasteiger partial charge on any atom is 0.243 e. The summed E-state index contributed by atoms with van der Waals surface area (Å²) < 4.78 is 18.8. The molecule has 0 spiro atoms. The van der Waals surface area contributed by atoms with Crippen molar-refractivity contribution in [2.45, 2.75) is 0 Å². The molecule has 0 bridgehead atoms. The van der Waals surface area contributed by atoms with Gasteiger partial charge in [0.2, 0.25) is 5.91 Å². The molecule has 2 aromatic carbocycles. The number of methoxy groups -OCH3 is 1. The summed E-state index contributed by atoms with van der Waals surface area (Å²) in [6, 6.07) is 11.5. The first-order valence-electron chi connectivity index (χ1n) is 6.21. The summed E-state index contributed by atoms with van der Waals surface area (Å²) in [5.41, 5.74) is 1.38. The number of carbonyl (C=O) groups excluding carboxylic acids is 1. The highest BCUT2D eigenvalue weighted by atomic mass is 127. The molecule has 0 saturated heterocycles. The van der Waals surface area contributed by atoms with Crippen molar-refractivity contribution < 1.29 is 13.9 Å². The monoisotopic (exact) mass is 400 g/mol. The highest BCUT2D eigenvalue weighted by Crippen LogP contribution is 2.19. The molecule has 2 rings (SSSR count). The fourth-order valence-corrected chi connectivity index (χ4v) is 2.38. The Bertz CT molecular complexity index is 649. The Balaban J connectivity index is 1.92. The molecule has 110 valence electrons. The minimum absolute atomic E-state index is 0.0961. The smallest absolute Gasteiger partial charge is 0.243 e. The van der Waals surface area contributed by atoms with Crippen molar-refractivity contribution in [3.63, 3.8) is 0 Å². The van der Waals surface area contributed by atoms with Crippen molar-refractivity contribution in [2.24, 2.45) is 0 Å². The molecule has 21 heavy (non-hydrogen) atoms. The van der Waals surface area contributed by atoms with E-state index in [9.17, 15) is 9.18 Å². The Morgan fingerprint density at radius 2 is 2.10 bits per heavy atom. The summed E-state index contributed by atoms with van der Waals surface area (Å²) in [5, 5.41) is 5.73. The largest absolute Gasteiger partial charge is 0.497 e. The standard InChI is InChI=1S/C15H14FIN2O2/c1-21-12-4-2-3-11(8-12)19-15(20)9-18-14-6-5-10(16)7-13(14)17/h2-8,18H,9H2,1H3,(H,19,20). The second kappa shape index (κ2) is 7.26. The van der Waals surface area contributed by atoms with Crippen LogP contribution in [0.1, 0.15) is 0 Å². The molecule has 0 heterocycles. The van der Waals surface area contributed by atoms with E-state index < -0.39 is 0 Å². The van der Waals surface area contributed by atoms with Crippen molar-refractivity contribution in [3.8, 4) is 5.75 Å². The molecule has 0 aliphatic carbocycles. The summed E-state index contributed by atoms with van der Waals surface area (Å²) in [6.07, 6.45) is 0.